The third kappa shape index (κ3) is 2.44. The van der Waals surface area contributed by atoms with Crippen molar-refractivity contribution in [3.63, 3.8) is 0 Å². The van der Waals surface area contributed by atoms with E-state index in [2.05, 4.69) is 59.5 Å². The molecule has 0 aliphatic carbocycles. The maximum atomic E-state index is 6.37. The Kier molecular flexibility index (Phi) is 4.35. The molecule has 0 amide bonds. The van der Waals surface area contributed by atoms with Crippen molar-refractivity contribution in [1.29, 1.82) is 0 Å². The van der Waals surface area contributed by atoms with Gasteiger partial charge in [-0.3, -0.25) is 0 Å². The van der Waals surface area contributed by atoms with Gasteiger partial charge in [0.2, 0.25) is 0 Å². The van der Waals surface area contributed by atoms with Gasteiger partial charge in [-0.25, -0.2) is 0 Å². The van der Waals surface area contributed by atoms with Gasteiger partial charge in [0.25, 0.3) is 0 Å². The van der Waals surface area contributed by atoms with Gasteiger partial charge in [-0.2, -0.15) is 11.3 Å². The zero-order valence-corrected chi connectivity index (χ0v) is 12.2. The lowest BCUT2D eigenvalue weighted by atomic mass is 9.85. The quantitative estimate of drug-likeness (QED) is 0.922. The van der Waals surface area contributed by atoms with Crippen LogP contribution in [0.2, 0.25) is 0 Å². The van der Waals surface area contributed by atoms with E-state index >= 15 is 0 Å². The summed E-state index contributed by atoms with van der Waals surface area (Å²) >= 11 is 5.24. The lowest BCUT2D eigenvalue weighted by Gasteiger charge is -2.40. The van der Waals surface area contributed by atoms with E-state index in [1.165, 1.54) is 5.56 Å². The fourth-order valence-corrected chi connectivity index (χ4v) is 3.24. The highest BCUT2D eigenvalue weighted by atomic mass is 79.9. The zero-order chi connectivity index (χ0) is 11.6. The van der Waals surface area contributed by atoms with Crippen molar-refractivity contribution >= 4 is 27.3 Å². The molecule has 0 spiro atoms. The molecule has 15 heavy (non-hydrogen) atoms. The molecule has 2 N–H and O–H groups in total. The van der Waals surface area contributed by atoms with E-state index in [1.807, 2.05) is 0 Å². The normalized spacial score (nSPS) is 17.8. The van der Waals surface area contributed by atoms with E-state index in [9.17, 15) is 0 Å². The van der Waals surface area contributed by atoms with Crippen molar-refractivity contribution in [3.05, 3.63) is 20.8 Å². The number of rotatable bonds is 4. The van der Waals surface area contributed by atoms with Crippen LogP contribution in [0.3, 0.4) is 0 Å². The predicted octanol–water partition coefficient (Wildman–Crippen LogP) is 3.24. The molecule has 1 aromatic rings. The van der Waals surface area contributed by atoms with E-state index in [1.54, 1.807) is 11.3 Å². The fraction of sp³-hybridized carbons (Fsp3) is 0.636. The largest absolute Gasteiger partial charge is 0.322 e. The van der Waals surface area contributed by atoms with Crippen LogP contribution in [0.5, 0.6) is 0 Å². The molecule has 2 atom stereocenters. The van der Waals surface area contributed by atoms with Crippen LogP contribution in [0.4, 0.5) is 0 Å². The molecule has 0 fully saturated rings. The summed E-state index contributed by atoms with van der Waals surface area (Å²) in [6.45, 7) is 4.39. The molecule has 0 aliphatic rings. The minimum Gasteiger partial charge on any atom is -0.322 e. The van der Waals surface area contributed by atoms with E-state index in [4.69, 9.17) is 5.73 Å². The Morgan fingerprint density at radius 3 is 2.47 bits per heavy atom. The van der Waals surface area contributed by atoms with Crippen LogP contribution in [0.25, 0.3) is 0 Å². The number of hydrogen-bond donors (Lipinski definition) is 1. The van der Waals surface area contributed by atoms with Crippen molar-refractivity contribution in [2.24, 2.45) is 5.73 Å². The summed E-state index contributed by atoms with van der Waals surface area (Å²) in [6, 6.07) is 0.0399. The first kappa shape index (κ1) is 13.2. The van der Waals surface area contributed by atoms with Crippen LogP contribution in [0.1, 0.15) is 31.9 Å². The Labute approximate surface area is 105 Å². The second-order valence-electron chi connectivity index (χ2n) is 4.26. The maximum absolute atomic E-state index is 6.37. The van der Waals surface area contributed by atoms with E-state index in [-0.39, 0.29) is 11.6 Å². The molecule has 1 aromatic heterocycles. The summed E-state index contributed by atoms with van der Waals surface area (Å²) in [7, 11) is 4.17. The average Bonchev–Trinajstić information content (AvgIpc) is 2.61. The Morgan fingerprint density at radius 2 is 2.13 bits per heavy atom. The molecule has 1 rings (SSSR count). The van der Waals surface area contributed by atoms with Crippen LogP contribution in [0.15, 0.2) is 15.2 Å². The van der Waals surface area contributed by atoms with Crippen LogP contribution in [0, 0.1) is 0 Å². The summed E-state index contributed by atoms with van der Waals surface area (Å²) in [5.41, 5.74) is 7.58. The number of hydrogen-bond acceptors (Lipinski definition) is 3. The molecule has 0 aromatic carbocycles. The molecular formula is C11H19BrN2S. The first-order chi connectivity index (χ1) is 6.93. The molecule has 0 radical (unpaired) electrons. The van der Waals surface area contributed by atoms with E-state index in [0.717, 1.165) is 10.9 Å². The smallest absolute Gasteiger partial charge is 0.0498 e. The minimum absolute atomic E-state index is 0.00356. The molecule has 4 heteroatoms. The highest BCUT2D eigenvalue weighted by molar-refractivity contribution is 9.10. The summed E-state index contributed by atoms with van der Waals surface area (Å²) in [5.74, 6) is 0. The van der Waals surface area contributed by atoms with Crippen molar-refractivity contribution in [2.45, 2.75) is 31.8 Å². The molecule has 0 bridgehead atoms. The van der Waals surface area contributed by atoms with Gasteiger partial charge < -0.3 is 10.6 Å². The molecule has 2 unspecified atom stereocenters. The van der Waals surface area contributed by atoms with Gasteiger partial charge in [0, 0.05) is 21.4 Å². The van der Waals surface area contributed by atoms with Gasteiger partial charge in [0.05, 0.1) is 0 Å². The maximum Gasteiger partial charge on any atom is 0.0498 e. The van der Waals surface area contributed by atoms with Crippen LogP contribution in [-0.2, 0) is 0 Å². The van der Waals surface area contributed by atoms with Gasteiger partial charge in [0.15, 0.2) is 0 Å². The highest BCUT2D eigenvalue weighted by Gasteiger charge is 2.34. The Balaban J connectivity index is 3.02. The van der Waals surface area contributed by atoms with Crippen molar-refractivity contribution in [1.82, 2.24) is 4.90 Å². The number of likely N-dealkylation sites (N-methyl/N-ethyl adjacent to an activating group) is 1. The van der Waals surface area contributed by atoms with Gasteiger partial charge >= 0.3 is 0 Å². The number of thiophene rings is 1. The summed E-state index contributed by atoms with van der Waals surface area (Å²) in [5, 5.41) is 4.22. The standard InChI is InChI=1S/C11H19BrN2S/c1-5-11(2,14(3)4)10(13)8-6-15-7-9(8)12/h6-7,10H,5,13H2,1-4H3. The molecule has 2 nitrogen and oxygen atoms in total. The lowest BCUT2D eigenvalue weighted by Crippen LogP contribution is -2.49. The van der Waals surface area contributed by atoms with Crippen LogP contribution in [-0.4, -0.2) is 24.5 Å². The number of nitrogens with zero attached hydrogens (tertiary/aromatic N) is 1. The van der Waals surface area contributed by atoms with Gasteiger partial charge in [0.1, 0.15) is 0 Å². The van der Waals surface area contributed by atoms with E-state index in [0.29, 0.717) is 0 Å². The van der Waals surface area contributed by atoms with E-state index < -0.39 is 0 Å². The SMILES string of the molecule is CCC(C)(C(N)c1cscc1Br)N(C)C. The van der Waals surface area contributed by atoms with Crippen LogP contribution >= 0.6 is 27.3 Å². The first-order valence-electron chi connectivity index (χ1n) is 5.08. The second kappa shape index (κ2) is 4.95. The van der Waals surface area contributed by atoms with Crippen molar-refractivity contribution in [3.8, 4) is 0 Å². The predicted molar refractivity (Wildman–Crippen MR) is 71.3 cm³/mol. The summed E-state index contributed by atoms with van der Waals surface area (Å²) in [6.07, 6.45) is 1.03. The molecule has 0 aliphatic heterocycles. The highest BCUT2D eigenvalue weighted by Crippen LogP contribution is 2.36. The van der Waals surface area contributed by atoms with Crippen LogP contribution < -0.4 is 5.73 Å². The second-order valence-corrected chi connectivity index (χ2v) is 5.86. The Bertz CT molecular complexity index is 324. The topological polar surface area (TPSA) is 29.3 Å². The zero-order valence-electron chi connectivity index (χ0n) is 9.75. The van der Waals surface area contributed by atoms with Gasteiger partial charge in [-0.15, -0.1) is 0 Å². The Morgan fingerprint density at radius 1 is 1.53 bits per heavy atom. The molecule has 0 saturated heterocycles. The fourth-order valence-electron chi connectivity index (χ4n) is 1.66. The molecule has 86 valence electrons. The first-order valence-corrected chi connectivity index (χ1v) is 6.81. The number of nitrogens with two attached hydrogens (primary N) is 1. The molecule has 0 saturated carbocycles. The molecule has 1 heterocycles. The third-order valence-corrected chi connectivity index (χ3v) is 5.14. The summed E-state index contributed by atoms with van der Waals surface area (Å²) < 4.78 is 1.13. The minimum atomic E-state index is 0.00356. The number of halogens is 1. The average molecular weight is 291 g/mol. The monoisotopic (exact) mass is 290 g/mol. The van der Waals surface area contributed by atoms with Crippen molar-refractivity contribution < 1.29 is 0 Å². The van der Waals surface area contributed by atoms with Gasteiger partial charge in [-0.05, 0) is 54.3 Å². The molecular weight excluding hydrogens is 272 g/mol. The van der Waals surface area contributed by atoms with Crippen molar-refractivity contribution in [2.75, 3.05) is 14.1 Å². The third-order valence-electron chi connectivity index (χ3n) is 3.38. The lowest BCUT2D eigenvalue weighted by molar-refractivity contribution is 0.132. The summed E-state index contributed by atoms with van der Waals surface area (Å²) in [4.78, 5) is 2.21. The Hall–Kier alpha value is 0.1000. The van der Waals surface area contributed by atoms with Gasteiger partial charge in [-0.1, -0.05) is 6.92 Å².